The zero-order valence-electron chi connectivity index (χ0n) is 10.7. The van der Waals surface area contributed by atoms with Crippen molar-refractivity contribution in [2.45, 2.75) is 6.42 Å². The lowest BCUT2D eigenvalue weighted by molar-refractivity contribution is -0.146. The van der Waals surface area contributed by atoms with Crippen molar-refractivity contribution in [1.82, 2.24) is 0 Å². The van der Waals surface area contributed by atoms with E-state index in [0.29, 0.717) is 5.69 Å². The second kappa shape index (κ2) is 4.67. The van der Waals surface area contributed by atoms with E-state index in [1.54, 1.807) is 18.2 Å². The number of fused-ring (bicyclic) bond motifs is 2. The molecular formula is C15H15NO4. The minimum absolute atomic E-state index is 0.0213. The maximum atomic E-state index is 12.4. The number of carboxylic acids is 1. The molecule has 5 heteroatoms. The third kappa shape index (κ3) is 1.95. The van der Waals surface area contributed by atoms with Crippen LogP contribution in [-0.2, 0) is 9.59 Å². The summed E-state index contributed by atoms with van der Waals surface area (Å²) < 4.78 is 0. The van der Waals surface area contributed by atoms with Crippen LogP contribution in [0.2, 0.25) is 0 Å². The minimum atomic E-state index is -0.931. The van der Waals surface area contributed by atoms with E-state index in [1.165, 1.54) is 6.07 Å². The first-order chi connectivity index (χ1) is 9.58. The molecule has 0 heterocycles. The number of phenolic OH excluding ortho intramolecular Hbond substituents is 1. The number of nitrogens with one attached hydrogen (secondary N) is 1. The van der Waals surface area contributed by atoms with Crippen molar-refractivity contribution in [3.63, 3.8) is 0 Å². The van der Waals surface area contributed by atoms with Gasteiger partial charge in [0, 0.05) is 0 Å². The molecule has 1 aromatic rings. The summed E-state index contributed by atoms with van der Waals surface area (Å²) in [6.45, 7) is 0. The van der Waals surface area contributed by atoms with Crippen molar-refractivity contribution < 1.29 is 19.8 Å². The number of allylic oxidation sites excluding steroid dienone is 2. The highest BCUT2D eigenvalue weighted by Gasteiger charge is 2.51. The van der Waals surface area contributed by atoms with Gasteiger partial charge in [-0.3, -0.25) is 9.59 Å². The van der Waals surface area contributed by atoms with Crippen LogP contribution in [-0.4, -0.2) is 22.1 Å². The Bertz CT molecular complexity index is 595. The Morgan fingerprint density at radius 3 is 2.40 bits per heavy atom. The Hall–Kier alpha value is -2.30. The summed E-state index contributed by atoms with van der Waals surface area (Å²) in [5.74, 6) is -2.61. The van der Waals surface area contributed by atoms with Crippen molar-refractivity contribution in [3.8, 4) is 5.75 Å². The van der Waals surface area contributed by atoms with Gasteiger partial charge >= 0.3 is 5.97 Å². The van der Waals surface area contributed by atoms with E-state index < -0.39 is 17.8 Å². The summed E-state index contributed by atoms with van der Waals surface area (Å²) in [5, 5.41) is 21.6. The van der Waals surface area contributed by atoms with Crippen molar-refractivity contribution in [2.75, 3.05) is 5.32 Å². The summed E-state index contributed by atoms with van der Waals surface area (Å²) in [6.07, 6.45) is 4.54. The minimum Gasteiger partial charge on any atom is -0.506 e. The van der Waals surface area contributed by atoms with Gasteiger partial charge in [0.2, 0.25) is 5.91 Å². The van der Waals surface area contributed by atoms with Gasteiger partial charge < -0.3 is 15.5 Å². The molecule has 0 spiro atoms. The van der Waals surface area contributed by atoms with Gasteiger partial charge in [0.05, 0.1) is 17.5 Å². The van der Waals surface area contributed by atoms with Crippen LogP contribution in [0, 0.1) is 23.7 Å². The van der Waals surface area contributed by atoms with Crippen molar-refractivity contribution in [1.29, 1.82) is 0 Å². The van der Waals surface area contributed by atoms with Gasteiger partial charge in [-0.2, -0.15) is 0 Å². The van der Waals surface area contributed by atoms with Gasteiger partial charge in [0.1, 0.15) is 5.75 Å². The van der Waals surface area contributed by atoms with Crippen LogP contribution in [0.4, 0.5) is 5.69 Å². The first-order valence-electron chi connectivity index (χ1n) is 6.58. The van der Waals surface area contributed by atoms with E-state index in [-0.39, 0.29) is 23.5 Å². The molecule has 4 atom stereocenters. The molecule has 3 N–H and O–H groups in total. The van der Waals surface area contributed by atoms with Gasteiger partial charge in [0.25, 0.3) is 0 Å². The van der Waals surface area contributed by atoms with E-state index in [9.17, 15) is 19.8 Å². The Balaban J connectivity index is 1.82. The summed E-state index contributed by atoms with van der Waals surface area (Å²) in [4.78, 5) is 23.7. The Labute approximate surface area is 115 Å². The predicted octanol–water partition coefficient (Wildman–Crippen LogP) is 1.85. The molecule has 104 valence electrons. The number of carboxylic acid groups (broad SMARTS) is 1. The van der Waals surface area contributed by atoms with Crippen LogP contribution in [0.5, 0.6) is 5.75 Å². The molecule has 0 aliphatic heterocycles. The number of carbonyl (C=O) groups excluding carboxylic acids is 1. The van der Waals surface area contributed by atoms with E-state index in [0.717, 1.165) is 6.42 Å². The predicted molar refractivity (Wildman–Crippen MR) is 72.1 cm³/mol. The molecule has 0 aromatic heterocycles. The molecule has 0 saturated heterocycles. The topological polar surface area (TPSA) is 86.6 Å². The Kier molecular flexibility index (Phi) is 2.97. The van der Waals surface area contributed by atoms with E-state index in [2.05, 4.69) is 5.32 Å². The highest BCUT2D eigenvalue weighted by Crippen LogP contribution is 2.48. The number of benzene rings is 1. The molecule has 2 bridgehead atoms. The average Bonchev–Trinajstić information content (AvgIpc) is 3.01. The van der Waals surface area contributed by atoms with Crippen LogP contribution in [0.25, 0.3) is 0 Å². The lowest BCUT2D eigenvalue weighted by Crippen LogP contribution is -2.36. The number of rotatable bonds is 3. The third-order valence-electron chi connectivity index (χ3n) is 4.21. The van der Waals surface area contributed by atoms with Gasteiger partial charge in [-0.05, 0) is 30.4 Å². The van der Waals surface area contributed by atoms with E-state index in [1.807, 2.05) is 12.2 Å². The monoisotopic (exact) mass is 273 g/mol. The summed E-state index contributed by atoms with van der Waals surface area (Å²) in [7, 11) is 0. The lowest BCUT2D eigenvalue weighted by atomic mass is 9.82. The highest BCUT2D eigenvalue weighted by atomic mass is 16.4. The summed E-state index contributed by atoms with van der Waals surface area (Å²) in [6, 6.07) is 6.42. The fraction of sp³-hybridized carbons (Fsp3) is 0.333. The number of amides is 1. The standard InChI is InChI=1S/C15H15NO4/c17-11-4-2-1-3-10(11)16-14(18)12-8-5-6-9(7-8)13(12)15(19)20/h1-6,8-9,12-13,17H,7H2,(H,16,18)(H,19,20)/t8-,9-,12-,13-/m0/s1. The normalized spacial score (nSPS) is 30.4. The molecule has 1 aromatic carbocycles. The maximum absolute atomic E-state index is 12.4. The molecule has 1 amide bonds. The van der Waals surface area contributed by atoms with E-state index >= 15 is 0 Å². The Morgan fingerprint density at radius 1 is 1.10 bits per heavy atom. The van der Waals surface area contributed by atoms with Gasteiger partial charge in [-0.25, -0.2) is 0 Å². The van der Waals surface area contributed by atoms with Gasteiger partial charge in [-0.1, -0.05) is 24.3 Å². The fourth-order valence-electron chi connectivity index (χ4n) is 3.31. The van der Waals surface area contributed by atoms with Crippen LogP contribution < -0.4 is 5.32 Å². The smallest absolute Gasteiger partial charge is 0.307 e. The first-order valence-corrected chi connectivity index (χ1v) is 6.58. The molecule has 3 rings (SSSR count). The number of carbonyl (C=O) groups is 2. The molecule has 0 unspecified atom stereocenters. The Morgan fingerprint density at radius 2 is 1.75 bits per heavy atom. The van der Waals surface area contributed by atoms with Crippen LogP contribution in [0.1, 0.15) is 6.42 Å². The number of aromatic hydroxyl groups is 1. The molecule has 5 nitrogen and oxygen atoms in total. The van der Waals surface area contributed by atoms with Gasteiger partial charge in [-0.15, -0.1) is 0 Å². The number of hydrogen-bond donors (Lipinski definition) is 3. The van der Waals surface area contributed by atoms with Crippen LogP contribution in [0.3, 0.4) is 0 Å². The zero-order valence-corrected chi connectivity index (χ0v) is 10.7. The second-order valence-electron chi connectivity index (χ2n) is 5.34. The summed E-state index contributed by atoms with van der Waals surface area (Å²) >= 11 is 0. The molecule has 0 radical (unpaired) electrons. The van der Waals surface area contributed by atoms with Crippen LogP contribution in [0.15, 0.2) is 36.4 Å². The van der Waals surface area contributed by atoms with Crippen molar-refractivity contribution >= 4 is 17.6 Å². The largest absolute Gasteiger partial charge is 0.506 e. The van der Waals surface area contributed by atoms with Crippen molar-refractivity contribution in [3.05, 3.63) is 36.4 Å². The quantitative estimate of drug-likeness (QED) is 0.579. The summed E-state index contributed by atoms with van der Waals surface area (Å²) in [5.41, 5.74) is 0.313. The molecular weight excluding hydrogens is 258 g/mol. The van der Waals surface area contributed by atoms with Crippen LogP contribution >= 0.6 is 0 Å². The number of anilines is 1. The van der Waals surface area contributed by atoms with E-state index in [4.69, 9.17) is 0 Å². The molecule has 2 aliphatic carbocycles. The highest BCUT2D eigenvalue weighted by molar-refractivity contribution is 5.97. The third-order valence-corrected chi connectivity index (χ3v) is 4.21. The lowest BCUT2D eigenvalue weighted by Gasteiger charge is -2.24. The number of hydrogen-bond acceptors (Lipinski definition) is 3. The molecule has 2 aliphatic rings. The SMILES string of the molecule is O=C(O)[C@@H]1[C@@H](C(=O)Nc2ccccc2O)[C@H]2C=C[C@H]1C2. The fourth-order valence-corrected chi connectivity index (χ4v) is 3.31. The second-order valence-corrected chi connectivity index (χ2v) is 5.34. The van der Waals surface area contributed by atoms with Gasteiger partial charge in [0.15, 0.2) is 0 Å². The molecule has 1 saturated carbocycles. The number of aliphatic carboxylic acids is 1. The molecule has 1 fully saturated rings. The number of phenols is 1. The van der Waals surface area contributed by atoms with Crippen molar-refractivity contribution in [2.24, 2.45) is 23.7 Å². The molecule has 20 heavy (non-hydrogen) atoms. The number of para-hydroxylation sites is 2. The maximum Gasteiger partial charge on any atom is 0.307 e. The first kappa shape index (κ1) is 12.7. The zero-order chi connectivity index (χ0) is 14.3. The average molecular weight is 273 g/mol.